The molecule has 0 aliphatic rings. The molecular formula is C13H9N3O. The normalized spacial score (nSPS) is 9.35. The van der Waals surface area contributed by atoms with Crippen LogP contribution in [0.1, 0.15) is 0 Å². The van der Waals surface area contributed by atoms with Crippen LogP contribution in [-0.4, -0.2) is 15.1 Å². The number of aromatic nitrogens is 2. The second-order valence-electron chi connectivity index (χ2n) is 3.32. The SMILES string of the molecule is N#CO.c1cnc2c(c1)ccc1cccnc12. The number of aliphatic hydroxyl groups excluding tert-OH is 1. The molecule has 0 unspecified atom stereocenters. The number of pyridine rings is 2. The summed E-state index contributed by atoms with van der Waals surface area (Å²) in [7, 11) is 0. The molecule has 3 rings (SSSR count). The highest BCUT2D eigenvalue weighted by atomic mass is 16.2. The standard InChI is InChI=1S/C12H8N2.CHNO/c1-3-9-5-6-10-4-2-8-14-12(10)11(9)13-7-1;2-1-3/h1-8H;3H. The van der Waals surface area contributed by atoms with Gasteiger partial charge >= 0.3 is 0 Å². The average molecular weight is 223 g/mol. The molecule has 1 N–H and O–H groups in total. The highest BCUT2D eigenvalue weighted by molar-refractivity contribution is 6.02. The van der Waals surface area contributed by atoms with Gasteiger partial charge in [0, 0.05) is 23.2 Å². The summed E-state index contributed by atoms with van der Waals surface area (Å²) in [6.45, 7) is 0. The van der Waals surface area contributed by atoms with E-state index in [0.29, 0.717) is 0 Å². The fourth-order valence-corrected chi connectivity index (χ4v) is 1.68. The largest absolute Gasteiger partial charge is 0.443 e. The topological polar surface area (TPSA) is 69.8 Å². The van der Waals surface area contributed by atoms with Crippen molar-refractivity contribution in [3.63, 3.8) is 0 Å². The average Bonchev–Trinajstić information content (AvgIpc) is 2.40. The monoisotopic (exact) mass is 223 g/mol. The van der Waals surface area contributed by atoms with Crippen LogP contribution < -0.4 is 0 Å². The maximum Gasteiger partial charge on any atom is 0.283 e. The van der Waals surface area contributed by atoms with Crippen molar-refractivity contribution in [3.05, 3.63) is 48.8 Å². The van der Waals surface area contributed by atoms with E-state index in [0.717, 1.165) is 28.1 Å². The third-order valence-corrected chi connectivity index (χ3v) is 2.34. The summed E-state index contributed by atoms with van der Waals surface area (Å²) < 4.78 is 0. The Hall–Kier alpha value is -2.67. The van der Waals surface area contributed by atoms with E-state index in [2.05, 4.69) is 34.2 Å². The number of fused-ring (bicyclic) bond motifs is 3. The van der Waals surface area contributed by atoms with E-state index in [1.807, 2.05) is 12.1 Å². The van der Waals surface area contributed by atoms with Gasteiger partial charge in [-0.2, -0.15) is 5.26 Å². The Balaban J connectivity index is 0.000000329. The van der Waals surface area contributed by atoms with Crippen LogP contribution in [0.15, 0.2) is 48.8 Å². The van der Waals surface area contributed by atoms with E-state index in [9.17, 15) is 0 Å². The molecule has 3 aromatic rings. The molecule has 4 heteroatoms. The van der Waals surface area contributed by atoms with E-state index in [1.54, 1.807) is 12.4 Å². The first-order valence-corrected chi connectivity index (χ1v) is 4.98. The molecule has 0 fully saturated rings. The minimum absolute atomic E-state index is 0.750. The Morgan fingerprint density at radius 2 is 1.29 bits per heavy atom. The molecule has 0 amide bonds. The lowest BCUT2D eigenvalue weighted by Crippen LogP contribution is -1.83. The van der Waals surface area contributed by atoms with Crippen molar-refractivity contribution in [3.8, 4) is 6.26 Å². The first-order chi connectivity index (χ1) is 8.36. The van der Waals surface area contributed by atoms with Gasteiger partial charge in [0.05, 0.1) is 11.0 Å². The van der Waals surface area contributed by atoms with Gasteiger partial charge in [0.2, 0.25) is 0 Å². The van der Waals surface area contributed by atoms with Gasteiger partial charge in [0.15, 0.2) is 0 Å². The van der Waals surface area contributed by atoms with Crippen molar-refractivity contribution in [2.75, 3.05) is 0 Å². The Morgan fingerprint density at radius 1 is 0.882 bits per heavy atom. The fraction of sp³-hybridized carbons (Fsp3) is 0. The Morgan fingerprint density at radius 3 is 1.71 bits per heavy atom. The number of aliphatic hydroxyl groups is 1. The second kappa shape index (κ2) is 4.90. The van der Waals surface area contributed by atoms with E-state index in [4.69, 9.17) is 10.4 Å². The number of nitriles is 1. The van der Waals surface area contributed by atoms with Crippen LogP contribution in [0.25, 0.3) is 21.8 Å². The summed E-state index contributed by atoms with van der Waals surface area (Å²) in [5.74, 6) is 0. The van der Waals surface area contributed by atoms with E-state index in [-0.39, 0.29) is 0 Å². The lowest BCUT2D eigenvalue weighted by molar-refractivity contribution is 0.503. The summed E-state index contributed by atoms with van der Waals surface area (Å²) >= 11 is 0. The Bertz CT molecular complexity index is 634. The zero-order valence-corrected chi connectivity index (χ0v) is 8.91. The number of hydrogen-bond donors (Lipinski definition) is 1. The molecule has 0 aliphatic heterocycles. The van der Waals surface area contributed by atoms with E-state index in [1.165, 1.54) is 0 Å². The molecule has 4 nitrogen and oxygen atoms in total. The third kappa shape index (κ3) is 2.13. The number of rotatable bonds is 0. The molecular weight excluding hydrogens is 214 g/mol. The molecule has 0 aliphatic carbocycles. The maximum absolute atomic E-state index is 6.88. The van der Waals surface area contributed by atoms with Crippen molar-refractivity contribution < 1.29 is 5.11 Å². The molecule has 2 aromatic heterocycles. The Labute approximate surface area is 97.8 Å². The smallest absolute Gasteiger partial charge is 0.283 e. The first kappa shape index (κ1) is 10.8. The molecule has 0 saturated heterocycles. The molecule has 0 radical (unpaired) electrons. The van der Waals surface area contributed by atoms with Gasteiger partial charge in [-0.1, -0.05) is 24.3 Å². The van der Waals surface area contributed by atoms with Crippen LogP contribution >= 0.6 is 0 Å². The maximum atomic E-state index is 6.88. The van der Waals surface area contributed by atoms with Crippen molar-refractivity contribution in [1.29, 1.82) is 5.26 Å². The van der Waals surface area contributed by atoms with Gasteiger partial charge < -0.3 is 5.11 Å². The molecule has 1 aromatic carbocycles. The molecule has 0 spiro atoms. The van der Waals surface area contributed by atoms with Gasteiger partial charge in [-0.3, -0.25) is 9.97 Å². The predicted molar refractivity (Wildman–Crippen MR) is 64.6 cm³/mol. The molecule has 82 valence electrons. The summed E-state index contributed by atoms with van der Waals surface area (Å²) in [5, 5.41) is 16.0. The quantitative estimate of drug-likeness (QED) is 0.469. The van der Waals surface area contributed by atoms with Gasteiger partial charge in [-0.05, 0) is 12.1 Å². The highest BCUT2D eigenvalue weighted by Gasteiger charge is 2.00. The van der Waals surface area contributed by atoms with Crippen LogP contribution in [-0.2, 0) is 0 Å². The van der Waals surface area contributed by atoms with Crippen molar-refractivity contribution in [1.82, 2.24) is 9.97 Å². The zero-order chi connectivity index (χ0) is 12.1. The van der Waals surface area contributed by atoms with Crippen LogP contribution in [0.2, 0.25) is 0 Å². The van der Waals surface area contributed by atoms with Crippen LogP contribution in [0.5, 0.6) is 0 Å². The van der Waals surface area contributed by atoms with Gasteiger partial charge in [0.1, 0.15) is 0 Å². The summed E-state index contributed by atoms with van der Waals surface area (Å²) in [4.78, 5) is 8.69. The lowest BCUT2D eigenvalue weighted by atomic mass is 10.1. The minimum atomic E-state index is 0.750. The fourth-order valence-electron chi connectivity index (χ4n) is 1.68. The molecule has 17 heavy (non-hydrogen) atoms. The molecule has 0 atom stereocenters. The zero-order valence-electron chi connectivity index (χ0n) is 8.91. The summed E-state index contributed by atoms with van der Waals surface area (Å²) in [6.07, 6.45) is 4.35. The van der Waals surface area contributed by atoms with Gasteiger partial charge in [-0.25, -0.2) is 0 Å². The molecule has 0 saturated carbocycles. The highest BCUT2D eigenvalue weighted by Crippen LogP contribution is 2.20. The minimum Gasteiger partial charge on any atom is -0.443 e. The predicted octanol–water partition coefficient (Wildman–Crippen LogP) is 2.62. The number of benzene rings is 1. The van der Waals surface area contributed by atoms with Crippen LogP contribution in [0.3, 0.4) is 0 Å². The van der Waals surface area contributed by atoms with Crippen molar-refractivity contribution in [2.24, 2.45) is 0 Å². The van der Waals surface area contributed by atoms with Crippen molar-refractivity contribution in [2.45, 2.75) is 0 Å². The van der Waals surface area contributed by atoms with Gasteiger partial charge in [-0.15, -0.1) is 0 Å². The van der Waals surface area contributed by atoms with Crippen molar-refractivity contribution >= 4 is 21.8 Å². The number of nitrogens with zero attached hydrogens (tertiary/aromatic N) is 3. The summed E-state index contributed by atoms with van der Waals surface area (Å²) in [6, 6.07) is 12.1. The van der Waals surface area contributed by atoms with Gasteiger partial charge in [0.25, 0.3) is 6.26 Å². The summed E-state index contributed by atoms with van der Waals surface area (Å²) in [5.41, 5.74) is 1.95. The molecule has 0 bridgehead atoms. The Kier molecular flexibility index (Phi) is 3.13. The first-order valence-electron chi connectivity index (χ1n) is 4.98. The van der Waals surface area contributed by atoms with E-state index < -0.39 is 0 Å². The van der Waals surface area contributed by atoms with Crippen LogP contribution in [0.4, 0.5) is 0 Å². The molecule has 2 heterocycles. The third-order valence-electron chi connectivity index (χ3n) is 2.34. The van der Waals surface area contributed by atoms with Crippen LogP contribution in [0, 0.1) is 11.5 Å². The lowest BCUT2D eigenvalue weighted by Gasteiger charge is -2.00. The number of hydrogen-bond acceptors (Lipinski definition) is 4. The van der Waals surface area contributed by atoms with E-state index >= 15 is 0 Å². The second-order valence-corrected chi connectivity index (χ2v) is 3.32.